The first-order chi connectivity index (χ1) is 9.93. The van der Waals surface area contributed by atoms with E-state index in [9.17, 15) is 19.5 Å². The fraction of sp³-hybridized carbons (Fsp3) is 0.438. The van der Waals surface area contributed by atoms with Gasteiger partial charge >= 0.3 is 11.9 Å². The van der Waals surface area contributed by atoms with Crippen molar-refractivity contribution in [2.24, 2.45) is 17.8 Å². The van der Waals surface area contributed by atoms with Gasteiger partial charge in [-0.3, -0.25) is 14.4 Å². The molecular weight excluding hydrogens is 272 g/mol. The lowest BCUT2D eigenvalue weighted by molar-refractivity contribution is -0.169. The van der Waals surface area contributed by atoms with Crippen LogP contribution in [0.25, 0.3) is 0 Å². The molecule has 5 heteroatoms. The second-order valence-electron chi connectivity index (χ2n) is 5.50. The molecule has 1 aliphatic carbocycles. The number of carboxylic acids is 1. The van der Waals surface area contributed by atoms with Gasteiger partial charge in [0.2, 0.25) is 0 Å². The van der Waals surface area contributed by atoms with E-state index >= 15 is 0 Å². The Labute approximate surface area is 122 Å². The number of hydrogen-bond acceptors (Lipinski definition) is 4. The Bertz CT molecular complexity index is 551. The molecule has 112 valence electrons. The highest BCUT2D eigenvalue weighted by atomic mass is 16.5. The number of ether oxygens (including phenoxy) is 1. The SMILES string of the molecule is CC(=O)COC(=O)[C@@H]1[C@H](C)[C@H](C(=O)O)[C@H]1c1ccccc1. The van der Waals surface area contributed by atoms with Crippen LogP contribution in [0.3, 0.4) is 0 Å². The number of carboxylic acid groups (broad SMARTS) is 1. The number of Topliss-reactive ketones (excluding diaryl/α,β-unsaturated/α-hetero) is 1. The van der Waals surface area contributed by atoms with Gasteiger partial charge in [0, 0.05) is 5.92 Å². The van der Waals surface area contributed by atoms with Crippen LogP contribution in [0, 0.1) is 17.8 Å². The summed E-state index contributed by atoms with van der Waals surface area (Å²) in [6.07, 6.45) is 0. The molecule has 0 radical (unpaired) electrons. The molecule has 1 N–H and O–H groups in total. The van der Waals surface area contributed by atoms with Crippen LogP contribution in [0.4, 0.5) is 0 Å². The molecule has 0 aromatic heterocycles. The molecule has 0 spiro atoms. The Kier molecular flexibility index (Phi) is 4.40. The molecular formula is C16H18O5. The van der Waals surface area contributed by atoms with Crippen LogP contribution in [-0.4, -0.2) is 29.4 Å². The number of hydrogen-bond donors (Lipinski definition) is 1. The van der Waals surface area contributed by atoms with E-state index in [-0.39, 0.29) is 18.3 Å². The van der Waals surface area contributed by atoms with Crippen LogP contribution >= 0.6 is 0 Å². The van der Waals surface area contributed by atoms with Crippen molar-refractivity contribution in [3.63, 3.8) is 0 Å². The van der Waals surface area contributed by atoms with E-state index in [0.717, 1.165) is 5.56 Å². The van der Waals surface area contributed by atoms with Crippen molar-refractivity contribution in [1.82, 2.24) is 0 Å². The third-order valence-corrected chi connectivity index (χ3v) is 4.07. The Morgan fingerprint density at radius 3 is 2.29 bits per heavy atom. The third-order valence-electron chi connectivity index (χ3n) is 4.07. The molecule has 0 amide bonds. The summed E-state index contributed by atoms with van der Waals surface area (Å²) in [6.45, 7) is 2.81. The number of aliphatic carboxylic acids is 1. The molecule has 0 unspecified atom stereocenters. The van der Waals surface area contributed by atoms with Gasteiger partial charge in [-0.2, -0.15) is 0 Å². The summed E-state index contributed by atoms with van der Waals surface area (Å²) in [5, 5.41) is 9.35. The highest BCUT2D eigenvalue weighted by Crippen LogP contribution is 2.52. The Morgan fingerprint density at radius 1 is 1.14 bits per heavy atom. The van der Waals surface area contributed by atoms with Gasteiger partial charge in [0.1, 0.15) is 6.61 Å². The number of benzene rings is 1. The van der Waals surface area contributed by atoms with Crippen LogP contribution in [0.5, 0.6) is 0 Å². The summed E-state index contributed by atoms with van der Waals surface area (Å²) in [4.78, 5) is 34.4. The first kappa shape index (κ1) is 15.2. The molecule has 0 aliphatic heterocycles. The average molecular weight is 290 g/mol. The number of ketones is 1. The fourth-order valence-electron chi connectivity index (χ4n) is 3.05. The molecule has 0 bridgehead atoms. The van der Waals surface area contributed by atoms with E-state index in [1.807, 2.05) is 30.3 Å². The maximum absolute atomic E-state index is 12.1. The van der Waals surface area contributed by atoms with Crippen molar-refractivity contribution in [2.75, 3.05) is 6.61 Å². The monoisotopic (exact) mass is 290 g/mol. The van der Waals surface area contributed by atoms with Gasteiger partial charge in [-0.05, 0) is 18.4 Å². The first-order valence-corrected chi connectivity index (χ1v) is 6.87. The summed E-state index contributed by atoms with van der Waals surface area (Å²) in [5.74, 6) is -3.49. The van der Waals surface area contributed by atoms with Crippen molar-refractivity contribution in [1.29, 1.82) is 0 Å². The summed E-state index contributed by atoms with van der Waals surface area (Å²) in [7, 11) is 0. The van der Waals surface area contributed by atoms with Gasteiger partial charge in [0.25, 0.3) is 0 Å². The molecule has 1 saturated carbocycles. The second kappa shape index (κ2) is 6.08. The minimum atomic E-state index is -0.910. The van der Waals surface area contributed by atoms with E-state index in [4.69, 9.17) is 4.74 Å². The molecule has 5 nitrogen and oxygen atoms in total. The van der Waals surface area contributed by atoms with Crippen molar-refractivity contribution in [2.45, 2.75) is 19.8 Å². The quantitative estimate of drug-likeness (QED) is 0.837. The van der Waals surface area contributed by atoms with Gasteiger partial charge in [-0.1, -0.05) is 37.3 Å². The lowest BCUT2D eigenvalue weighted by Crippen LogP contribution is -2.51. The van der Waals surface area contributed by atoms with E-state index < -0.39 is 29.7 Å². The standard InChI is InChI=1S/C16H18O5/c1-9(17)8-21-16(20)13-10(2)12(15(18)19)14(13)11-6-4-3-5-7-11/h3-7,10,12-14H,8H2,1-2H3,(H,18,19)/t10-,12+,13-,14-/m1/s1. The number of carbonyl (C=O) groups excluding carboxylic acids is 2. The maximum Gasteiger partial charge on any atom is 0.310 e. The average Bonchev–Trinajstić information content (AvgIpc) is 2.42. The third kappa shape index (κ3) is 2.96. The summed E-state index contributed by atoms with van der Waals surface area (Å²) >= 11 is 0. The summed E-state index contributed by atoms with van der Waals surface area (Å²) < 4.78 is 4.98. The van der Waals surface area contributed by atoms with Crippen LogP contribution in [0.2, 0.25) is 0 Å². The van der Waals surface area contributed by atoms with Crippen LogP contribution in [0.1, 0.15) is 25.3 Å². The van der Waals surface area contributed by atoms with Crippen molar-refractivity contribution in [3.8, 4) is 0 Å². The number of carbonyl (C=O) groups is 3. The van der Waals surface area contributed by atoms with Gasteiger partial charge in [-0.15, -0.1) is 0 Å². The van der Waals surface area contributed by atoms with Crippen molar-refractivity contribution in [3.05, 3.63) is 35.9 Å². The molecule has 1 aliphatic rings. The number of rotatable bonds is 5. The topological polar surface area (TPSA) is 80.7 Å². The first-order valence-electron chi connectivity index (χ1n) is 6.87. The smallest absolute Gasteiger partial charge is 0.310 e. The Morgan fingerprint density at radius 2 is 1.76 bits per heavy atom. The minimum absolute atomic E-state index is 0.235. The molecule has 1 fully saturated rings. The van der Waals surface area contributed by atoms with Gasteiger partial charge < -0.3 is 9.84 Å². The van der Waals surface area contributed by atoms with E-state index in [1.165, 1.54) is 6.92 Å². The fourth-order valence-corrected chi connectivity index (χ4v) is 3.05. The zero-order chi connectivity index (χ0) is 15.6. The lowest BCUT2D eigenvalue weighted by Gasteiger charge is -2.47. The highest BCUT2D eigenvalue weighted by Gasteiger charge is 2.56. The van der Waals surface area contributed by atoms with E-state index in [2.05, 4.69) is 0 Å². The van der Waals surface area contributed by atoms with Gasteiger partial charge in [0.05, 0.1) is 11.8 Å². The summed E-state index contributed by atoms with van der Waals surface area (Å²) in [5.41, 5.74) is 0.813. The molecule has 2 rings (SSSR count). The minimum Gasteiger partial charge on any atom is -0.481 e. The van der Waals surface area contributed by atoms with Crippen LogP contribution in [-0.2, 0) is 19.1 Å². The molecule has 4 atom stereocenters. The Balaban J connectivity index is 2.21. The molecule has 1 aromatic rings. The normalized spacial score (nSPS) is 27.5. The maximum atomic E-state index is 12.1. The van der Waals surface area contributed by atoms with Crippen LogP contribution < -0.4 is 0 Å². The van der Waals surface area contributed by atoms with Crippen LogP contribution in [0.15, 0.2) is 30.3 Å². The van der Waals surface area contributed by atoms with Gasteiger partial charge in [0.15, 0.2) is 5.78 Å². The van der Waals surface area contributed by atoms with Gasteiger partial charge in [-0.25, -0.2) is 0 Å². The second-order valence-corrected chi connectivity index (χ2v) is 5.50. The molecule has 1 aromatic carbocycles. The van der Waals surface area contributed by atoms with E-state index in [1.54, 1.807) is 6.92 Å². The zero-order valence-electron chi connectivity index (χ0n) is 12.0. The number of esters is 1. The molecule has 0 heterocycles. The zero-order valence-corrected chi connectivity index (χ0v) is 12.0. The largest absolute Gasteiger partial charge is 0.481 e. The lowest BCUT2D eigenvalue weighted by atomic mass is 9.55. The molecule has 21 heavy (non-hydrogen) atoms. The summed E-state index contributed by atoms with van der Waals surface area (Å²) in [6, 6.07) is 9.10. The highest BCUT2D eigenvalue weighted by molar-refractivity contribution is 5.85. The Hall–Kier alpha value is -2.17. The van der Waals surface area contributed by atoms with Crippen molar-refractivity contribution < 1.29 is 24.2 Å². The molecule has 0 saturated heterocycles. The van der Waals surface area contributed by atoms with E-state index in [0.29, 0.717) is 0 Å². The predicted molar refractivity (Wildman–Crippen MR) is 74.6 cm³/mol. The predicted octanol–water partition coefficient (Wildman–Crippen LogP) is 1.87. The van der Waals surface area contributed by atoms with Crippen molar-refractivity contribution >= 4 is 17.7 Å².